The molecule has 1 saturated carbocycles. The number of hydrogen-bond donors (Lipinski definition) is 1. The SMILES string of the molecule is CC(C(=O)O)N(C(=O)CN1CCCCCC1=O)C1CC1. The number of likely N-dealkylation sites (tertiary alicyclic amines) is 1. The molecule has 6 nitrogen and oxygen atoms in total. The molecule has 1 unspecified atom stereocenters. The Balaban J connectivity index is 2.00. The van der Waals surface area contributed by atoms with E-state index in [1.54, 1.807) is 4.90 Å². The first-order chi connectivity index (χ1) is 9.50. The minimum Gasteiger partial charge on any atom is -0.480 e. The Kier molecular flexibility index (Phi) is 4.62. The van der Waals surface area contributed by atoms with Gasteiger partial charge in [0.25, 0.3) is 0 Å². The van der Waals surface area contributed by atoms with Gasteiger partial charge in [0.15, 0.2) is 0 Å². The van der Waals surface area contributed by atoms with E-state index >= 15 is 0 Å². The molecule has 0 spiro atoms. The number of aliphatic carboxylic acids is 1. The van der Waals surface area contributed by atoms with Crippen LogP contribution in [-0.4, -0.2) is 57.9 Å². The quantitative estimate of drug-likeness (QED) is 0.811. The molecule has 0 aromatic carbocycles. The van der Waals surface area contributed by atoms with Gasteiger partial charge in [0.05, 0.1) is 6.54 Å². The molecule has 1 aliphatic heterocycles. The zero-order chi connectivity index (χ0) is 14.7. The first kappa shape index (κ1) is 14.8. The maximum atomic E-state index is 12.4. The molecule has 1 atom stereocenters. The highest BCUT2D eigenvalue weighted by molar-refractivity contribution is 5.88. The van der Waals surface area contributed by atoms with Crippen molar-refractivity contribution in [3.8, 4) is 0 Å². The Bertz CT molecular complexity index is 406. The first-order valence-electron chi connectivity index (χ1n) is 7.32. The van der Waals surface area contributed by atoms with Gasteiger partial charge in [0, 0.05) is 19.0 Å². The molecule has 1 heterocycles. The second-order valence-corrected chi connectivity index (χ2v) is 5.67. The fourth-order valence-electron chi connectivity index (χ4n) is 2.66. The highest BCUT2D eigenvalue weighted by Crippen LogP contribution is 2.29. The molecule has 2 fully saturated rings. The first-order valence-corrected chi connectivity index (χ1v) is 7.32. The number of carbonyl (C=O) groups is 3. The molecule has 0 aromatic rings. The summed E-state index contributed by atoms with van der Waals surface area (Å²) in [7, 11) is 0. The predicted octanol–water partition coefficient (Wildman–Crippen LogP) is 0.853. The summed E-state index contributed by atoms with van der Waals surface area (Å²) in [5.74, 6) is -1.22. The molecule has 2 aliphatic rings. The average molecular weight is 282 g/mol. The standard InChI is InChI=1S/C14H22N2O4/c1-10(14(19)20)16(11-6-7-11)13(18)9-15-8-4-2-3-5-12(15)17/h10-11H,2-9H2,1H3,(H,19,20). The molecule has 2 rings (SSSR count). The Hall–Kier alpha value is -1.59. The van der Waals surface area contributed by atoms with E-state index in [-0.39, 0.29) is 24.4 Å². The van der Waals surface area contributed by atoms with Gasteiger partial charge in [0.2, 0.25) is 11.8 Å². The fourth-order valence-corrected chi connectivity index (χ4v) is 2.66. The highest BCUT2D eigenvalue weighted by Gasteiger charge is 2.39. The molecule has 1 aliphatic carbocycles. The lowest BCUT2D eigenvalue weighted by molar-refractivity contribution is -0.151. The molecule has 6 heteroatoms. The predicted molar refractivity (Wildman–Crippen MR) is 72.0 cm³/mol. The maximum absolute atomic E-state index is 12.4. The Labute approximate surface area is 118 Å². The van der Waals surface area contributed by atoms with Crippen LogP contribution in [0.25, 0.3) is 0 Å². The number of carboxylic acid groups (broad SMARTS) is 1. The molecule has 1 saturated heterocycles. The number of amides is 2. The Morgan fingerprint density at radius 2 is 2.05 bits per heavy atom. The topological polar surface area (TPSA) is 77.9 Å². The lowest BCUT2D eigenvalue weighted by atomic mass is 10.2. The van der Waals surface area contributed by atoms with E-state index in [1.165, 1.54) is 11.8 Å². The van der Waals surface area contributed by atoms with E-state index in [9.17, 15) is 14.4 Å². The summed E-state index contributed by atoms with van der Waals surface area (Å²) in [5.41, 5.74) is 0. The summed E-state index contributed by atoms with van der Waals surface area (Å²) >= 11 is 0. The molecule has 1 N–H and O–H groups in total. The Morgan fingerprint density at radius 3 is 2.65 bits per heavy atom. The molecule has 0 aromatic heterocycles. The van der Waals surface area contributed by atoms with Crippen LogP contribution < -0.4 is 0 Å². The van der Waals surface area contributed by atoms with E-state index < -0.39 is 12.0 Å². The molecule has 2 amide bonds. The van der Waals surface area contributed by atoms with Crippen molar-refractivity contribution in [2.45, 2.75) is 57.5 Å². The van der Waals surface area contributed by atoms with Crippen LogP contribution in [-0.2, 0) is 14.4 Å². The van der Waals surface area contributed by atoms with Gasteiger partial charge in [-0.2, -0.15) is 0 Å². The zero-order valence-corrected chi connectivity index (χ0v) is 11.9. The zero-order valence-electron chi connectivity index (χ0n) is 11.9. The van der Waals surface area contributed by atoms with Crippen molar-refractivity contribution in [1.82, 2.24) is 9.80 Å². The van der Waals surface area contributed by atoms with E-state index in [0.29, 0.717) is 13.0 Å². The number of carbonyl (C=O) groups excluding carboxylic acids is 2. The van der Waals surface area contributed by atoms with E-state index in [0.717, 1.165) is 32.1 Å². The number of nitrogens with zero attached hydrogens (tertiary/aromatic N) is 2. The largest absolute Gasteiger partial charge is 0.480 e. The van der Waals surface area contributed by atoms with Crippen molar-refractivity contribution < 1.29 is 19.5 Å². The van der Waals surface area contributed by atoms with Crippen molar-refractivity contribution in [3.05, 3.63) is 0 Å². The van der Waals surface area contributed by atoms with E-state index in [1.807, 2.05) is 0 Å². The maximum Gasteiger partial charge on any atom is 0.326 e. The minimum absolute atomic E-state index is 0.00887. The molecule has 112 valence electrons. The smallest absolute Gasteiger partial charge is 0.326 e. The van der Waals surface area contributed by atoms with Gasteiger partial charge in [-0.3, -0.25) is 9.59 Å². The molecule has 0 radical (unpaired) electrons. The molecule has 0 bridgehead atoms. The number of hydrogen-bond acceptors (Lipinski definition) is 3. The number of rotatable bonds is 5. The summed E-state index contributed by atoms with van der Waals surface area (Å²) in [4.78, 5) is 38.4. The van der Waals surface area contributed by atoms with Gasteiger partial charge in [0.1, 0.15) is 6.04 Å². The van der Waals surface area contributed by atoms with Crippen LogP contribution in [0.1, 0.15) is 45.4 Å². The van der Waals surface area contributed by atoms with Crippen LogP contribution in [0, 0.1) is 0 Å². The summed E-state index contributed by atoms with van der Waals surface area (Å²) in [6.45, 7) is 2.15. The van der Waals surface area contributed by atoms with Crippen LogP contribution in [0.15, 0.2) is 0 Å². The third-order valence-electron chi connectivity index (χ3n) is 4.00. The lowest BCUT2D eigenvalue weighted by Crippen LogP contribution is -2.49. The molecular formula is C14H22N2O4. The van der Waals surface area contributed by atoms with E-state index in [4.69, 9.17) is 5.11 Å². The van der Waals surface area contributed by atoms with Crippen LogP contribution >= 0.6 is 0 Å². The van der Waals surface area contributed by atoms with Crippen molar-refractivity contribution in [2.24, 2.45) is 0 Å². The third kappa shape index (κ3) is 3.49. The number of carboxylic acids is 1. The van der Waals surface area contributed by atoms with Gasteiger partial charge in [-0.25, -0.2) is 4.79 Å². The van der Waals surface area contributed by atoms with Gasteiger partial charge in [-0.15, -0.1) is 0 Å². The van der Waals surface area contributed by atoms with Gasteiger partial charge in [-0.05, 0) is 32.6 Å². The molecule has 20 heavy (non-hydrogen) atoms. The third-order valence-corrected chi connectivity index (χ3v) is 4.00. The second-order valence-electron chi connectivity index (χ2n) is 5.67. The van der Waals surface area contributed by atoms with Crippen LogP contribution in [0.4, 0.5) is 0 Å². The summed E-state index contributed by atoms with van der Waals surface area (Å²) in [6.07, 6.45) is 5.01. The lowest BCUT2D eigenvalue weighted by Gasteiger charge is -2.29. The highest BCUT2D eigenvalue weighted by atomic mass is 16.4. The van der Waals surface area contributed by atoms with E-state index in [2.05, 4.69) is 0 Å². The monoisotopic (exact) mass is 282 g/mol. The van der Waals surface area contributed by atoms with Gasteiger partial charge in [-0.1, -0.05) is 6.42 Å². The summed E-state index contributed by atoms with van der Waals surface area (Å²) in [6, 6.07) is -0.784. The molecular weight excluding hydrogens is 260 g/mol. The van der Waals surface area contributed by atoms with Crippen molar-refractivity contribution >= 4 is 17.8 Å². The summed E-state index contributed by atoms with van der Waals surface area (Å²) < 4.78 is 0. The van der Waals surface area contributed by atoms with Crippen LogP contribution in [0.2, 0.25) is 0 Å². The minimum atomic E-state index is -0.993. The summed E-state index contributed by atoms with van der Waals surface area (Å²) in [5, 5.41) is 9.11. The average Bonchev–Trinajstić information content (AvgIpc) is 3.21. The van der Waals surface area contributed by atoms with Gasteiger partial charge < -0.3 is 14.9 Å². The van der Waals surface area contributed by atoms with Crippen molar-refractivity contribution in [3.63, 3.8) is 0 Å². The normalized spacial score (nSPS) is 21.2. The fraction of sp³-hybridized carbons (Fsp3) is 0.786. The second kappa shape index (κ2) is 6.24. The van der Waals surface area contributed by atoms with Crippen LogP contribution in [0.5, 0.6) is 0 Å². The van der Waals surface area contributed by atoms with Crippen molar-refractivity contribution in [2.75, 3.05) is 13.1 Å². The van der Waals surface area contributed by atoms with Gasteiger partial charge >= 0.3 is 5.97 Å². The van der Waals surface area contributed by atoms with Crippen LogP contribution in [0.3, 0.4) is 0 Å². The van der Waals surface area contributed by atoms with Crippen molar-refractivity contribution in [1.29, 1.82) is 0 Å². The Morgan fingerprint density at radius 1 is 1.35 bits per heavy atom.